The summed E-state index contributed by atoms with van der Waals surface area (Å²) in [5.74, 6) is 1.63. The van der Waals surface area contributed by atoms with Gasteiger partial charge in [-0.05, 0) is 36.9 Å². The Morgan fingerprint density at radius 3 is 3.06 bits per heavy atom. The largest absolute Gasteiger partial charge is 0.493 e. The van der Waals surface area contributed by atoms with Gasteiger partial charge in [-0.2, -0.15) is 0 Å². The standard InChI is InChI=1S/C15H23NO2/c1-3-16-13(11-17-2)10-12-8-9-18-15-7-5-4-6-14(12)15/h4-7,12-13,16H,3,8-11H2,1-2H3. The second-order valence-corrected chi connectivity index (χ2v) is 4.82. The molecule has 100 valence electrons. The molecule has 0 saturated carbocycles. The Morgan fingerprint density at radius 2 is 2.28 bits per heavy atom. The molecule has 0 aromatic heterocycles. The summed E-state index contributed by atoms with van der Waals surface area (Å²) in [6, 6.07) is 8.82. The van der Waals surface area contributed by atoms with Gasteiger partial charge in [0.05, 0.1) is 13.2 Å². The quantitative estimate of drug-likeness (QED) is 0.840. The van der Waals surface area contributed by atoms with Crippen LogP contribution < -0.4 is 10.1 Å². The van der Waals surface area contributed by atoms with Gasteiger partial charge in [-0.25, -0.2) is 0 Å². The molecule has 1 heterocycles. The fraction of sp³-hybridized carbons (Fsp3) is 0.600. The molecule has 18 heavy (non-hydrogen) atoms. The Kier molecular flexibility index (Phi) is 5.02. The van der Waals surface area contributed by atoms with Gasteiger partial charge in [0, 0.05) is 13.2 Å². The summed E-state index contributed by atoms with van der Waals surface area (Å²) in [5.41, 5.74) is 1.35. The lowest BCUT2D eigenvalue weighted by molar-refractivity contribution is 0.154. The van der Waals surface area contributed by atoms with Crippen LogP contribution in [-0.4, -0.2) is 32.9 Å². The van der Waals surface area contributed by atoms with Gasteiger partial charge in [-0.15, -0.1) is 0 Å². The van der Waals surface area contributed by atoms with Crippen molar-refractivity contribution in [1.29, 1.82) is 0 Å². The third kappa shape index (κ3) is 3.24. The highest BCUT2D eigenvalue weighted by Crippen LogP contribution is 2.36. The Labute approximate surface area is 109 Å². The molecule has 0 radical (unpaired) electrons. The molecule has 0 amide bonds. The predicted octanol–water partition coefficient (Wildman–Crippen LogP) is 2.57. The third-order valence-corrected chi connectivity index (χ3v) is 3.51. The fourth-order valence-corrected chi connectivity index (χ4v) is 2.70. The number of ether oxygens (including phenoxy) is 2. The maximum absolute atomic E-state index is 5.70. The van der Waals surface area contributed by atoms with Crippen LogP contribution in [0.5, 0.6) is 5.75 Å². The summed E-state index contributed by atoms with van der Waals surface area (Å²) in [7, 11) is 1.77. The summed E-state index contributed by atoms with van der Waals surface area (Å²) in [5, 5.41) is 3.50. The van der Waals surface area contributed by atoms with Crippen LogP contribution in [0.1, 0.15) is 31.2 Å². The van der Waals surface area contributed by atoms with Gasteiger partial charge in [-0.3, -0.25) is 0 Å². The van der Waals surface area contributed by atoms with Crippen molar-refractivity contribution < 1.29 is 9.47 Å². The van der Waals surface area contributed by atoms with Gasteiger partial charge < -0.3 is 14.8 Å². The molecule has 0 aliphatic carbocycles. The van der Waals surface area contributed by atoms with Crippen LogP contribution in [0.3, 0.4) is 0 Å². The van der Waals surface area contributed by atoms with Gasteiger partial charge in [-0.1, -0.05) is 25.1 Å². The van der Waals surface area contributed by atoms with Crippen molar-refractivity contribution >= 4 is 0 Å². The monoisotopic (exact) mass is 249 g/mol. The topological polar surface area (TPSA) is 30.5 Å². The van der Waals surface area contributed by atoms with E-state index in [2.05, 4.69) is 30.4 Å². The maximum Gasteiger partial charge on any atom is 0.122 e. The number of fused-ring (bicyclic) bond motifs is 1. The van der Waals surface area contributed by atoms with Crippen molar-refractivity contribution in [3.05, 3.63) is 29.8 Å². The molecule has 1 N–H and O–H groups in total. The average molecular weight is 249 g/mol. The van der Waals surface area contributed by atoms with E-state index in [1.54, 1.807) is 7.11 Å². The molecule has 2 unspecified atom stereocenters. The second-order valence-electron chi connectivity index (χ2n) is 4.82. The highest BCUT2D eigenvalue weighted by Gasteiger charge is 2.23. The number of methoxy groups -OCH3 is 1. The van der Waals surface area contributed by atoms with E-state index in [4.69, 9.17) is 9.47 Å². The zero-order valence-electron chi connectivity index (χ0n) is 11.3. The number of rotatable bonds is 6. The molecular formula is C15H23NO2. The van der Waals surface area contributed by atoms with Crippen molar-refractivity contribution in [2.45, 2.75) is 31.7 Å². The lowest BCUT2D eigenvalue weighted by atomic mass is 9.87. The molecule has 2 atom stereocenters. The molecule has 0 spiro atoms. The Balaban J connectivity index is 2.05. The minimum atomic E-state index is 0.427. The molecule has 1 aromatic rings. The van der Waals surface area contributed by atoms with Crippen molar-refractivity contribution in [1.82, 2.24) is 5.32 Å². The van der Waals surface area contributed by atoms with E-state index in [-0.39, 0.29) is 0 Å². The molecule has 0 bridgehead atoms. The molecule has 0 saturated heterocycles. The van der Waals surface area contributed by atoms with E-state index in [1.165, 1.54) is 5.56 Å². The van der Waals surface area contributed by atoms with E-state index in [1.807, 2.05) is 6.07 Å². The number of nitrogens with one attached hydrogen (secondary N) is 1. The van der Waals surface area contributed by atoms with E-state index in [0.29, 0.717) is 12.0 Å². The molecule has 3 heteroatoms. The molecule has 1 aliphatic heterocycles. The van der Waals surface area contributed by atoms with Crippen molar-refractivity contribution in [2.75, 3.05) is 26.9 Å². The van der Waals surface area contributed by atoms with E-state index < -0.39 is 0 Å². The smallest absolute Gasteiger partial charge is 0.122 e. The lowest BCUT2D eigenvalue weighted by Crippen LogP contribution is -2.35. The Bertz CT molecular complexity index is 361. The highest BCUT2D eigenvalue weighted by atomic mass is 16.5. The zero-order valence-corrected chi connectivity index (χ0v) is 11.3. The minimum Gasteiger partial charge on any atom is -0.493 e. The minimum absolute atomic E-state index is 0.427. The molecule has 2 rings (SSSR count). The van der Waals surface area contributed by atoms with Crippen LogP contribution in [0.4, 0.5) is 0 Å². The van der Waals surface area contributed by atoms with Crippen LogP contribution in [0.15, 0.2) is 24.3 Å². The van der Waals surface area contributed by atoms with Crippen LogP contribution in [0.2, 0.25) is 0 Å². The van der Waals surface area contributed by atoms with E-state index in [0.717, 1.165) is 38.3 Å². The summed E-state index contributed by atoms with van der Waals surface area (Å²) in [6.07, 6.45) is 2.21. The number of hydrogen-bond acceptors (Lipinski definition) is 3. The Morgan fingerprint density at radius 1 is 1.44 bits per heavy atom. The van der Waals surface area contributed by atoms with Crippen LogP contribution in [-0.2, 0) is 4.74 Å². The first kappa shape index (κ1) is 13.4. The third-order valence-electron chi connectivity index (χ3n) is 3.51. The number of likely N-dealkylation sites (N-methyl/N-ethyl adjacent to an activating group) is 1. The number of benzene rings is 1. The lowest BCUT2D eigenvalue weighted by Gasteiger charge is -2.29. The normalized spacial score (nSPS) is 20.0. The summed E-state index contributed by atoms with van der Waals surface area (Å²) in [4.78, 5) is 0. The molecular weight excluding hydrogens is 226 g/mol. The van der Waals surface area contributed by atoms with Crippen LogP contribution in [0, 0.1) is 0 Å². The summed E-state index contributed by atoms with van der Waals surface area (Å²) >= 11 is 0. The van der Waals surface area contributed by atoms with Crippen LogP contribution >= 0.6 is 0 Å². The molecule has 1 aliphatic rings. The molecule has 1 aromatic carbocycles. The summed E-state index contributed by atoms with van der Waals surface area (Å²) < 4.78 is 11.0. The predicted molar refractivity (Wildman–Crippen MR) is 73.3 cm³/mol. The van der Waals surface area contributed by atoms with Gasteiger partial charge in [0.25, 0.3) is 0 Å². The fourth-order valence-electron chi connectivity index (χ4n) is 2.70. The van der Waals surface area contributed by atoms with Gasteiger partial charge in [0.2, 0.25) is 0 Å². The molecule has 3 nitrogen and oxygen atoms in total. The van der Waals surface area contributed by atoms with Gasteiger partial charge in [0.15, 0.2) is 0 Å². The van der Waals surface area contributed by atoms with E-state index in [9.17, 15) is 0 Å². The van der Waals surface area contributed by atoms with Crippen LogP contribution in [0.25, 0.3) is 0 Å². The maximum atomic E-state index is 5.70. The summed E-state index contributed by atoms with van der Waals surface area (Å²) in [6.45, 7) is 4.72. The first-order valence-corrected chi connectivity index (χ1v) is 6.79. The first-order valence-electron chi connectivity index (χ1n) is 6.79. The van der Waals surface area contributed by atoms with Crippen molar-refractivity contribution in [3.8, 4) is 5.75 Å². The van der Waals surface area contributed by atoms with Crippen molar-refractivity contribution in [2.24, 2.45) is 0 Å². The first-order chi connectivity index (χ1) is 8.85. The SMILES string of the molecule is CCNC(COC)CC1CCOc2ccccc21. The number of para-hydroxylation sites is 1. The van der Waals surface area contributed by atoms with Gasteiger partial charge >= 0.3 is 0 Å². The highest BCUT2D eigenvalue weighted by molar-refractivity contribution is 5.37. The number of hydrogen-bond donors (Lipinski definition) is 1. The zero-order chi connectivity index (χ0) is 12.8. The van der Waals surface area contributed by atoms with Gasteiger partial charge in [0.1, 0.15) is 5.75 Å². The van der Waals surface area contributed by atoms with E-state index >= 15 is 0 Å². The average Bonchev–Trinajstić information content (AvgIpc) is 2.40. The molecule has 0 fully saturated rings. The Hall–Kier alpha value is -1.06. The second kappa shape index (κ2) is 6.76. The van der Waals surface area contributed by atoms with Crippen molar-refractivity contribution in [3.63, 3.8) is 0 Å².